The zero-order valence-electron chi connectivity index (χ0n) is 42.6. The molecule has 4 aliphatic carbocycles. The summed E-state index contributed by atoms with van der Waals surface area (Å²) in [5, 5.41) is 37.5. The van der Waals surface area contributed by atoms with E-state index in [0.29, 0.717) is 11.4 Å². The van der Waals surface area contributed by atoms with E-state index in [2.05, 4.69) is 58.5 Å². The summed E-state index contributed by atoms with van der Waals surface area (Å²) in [5.74, 6) is -12.0. The van der Waals surface area contributed by atoms with Crippen LogP contribution in [0.3, 0.4) is 0 Å². The molecular weight excluding hydrogens is 1070 g/mol. The summed E-state index contributed by atoms with van der Waals surface area (Å²) in [6.45, 7) is 0. The van der Waals surface area contributed by atoms with E-state index in [9.17, 15) is 0 Å². The smallest absolute Gasteiger partial charge is 0.165 e. The van der Waals surface area contributed by atoms with Gasteiger partial charge in [-0.25, -0.2) is 48.3 Å². The van der Waals surface area contributed by atoms with Crippen molar-refractivity contribution < 1.29 is 52.8 Å². The van der Waals surface area contributed by atoms with Gasteiger partial charge in [0.05, 0.1) is 73.5 Å². The van der Waals surface area contributed by atoms with E-state index >= 15 is 52.8 Å². The van der Waals surface area contributed by atoms with E-state index in [0.717, 1.165) is 11.4 Å². The Kier molecular flexibility index (Phi) is 14.6. The van der Waals surface area contributed by atoms with Crippen LogP contribution >= 0.6 is 0 Å². The van der Waals surface area contributed by atoms with Crippen LogP contribution in [0.4, 0.5) is 75.5 Å². The Morgan fingerprint density at radius 3 is 0.963 bits per heavy atom. The predicted octanol–water partition coefficient (Wildman–Crippen LogP) is 6.99. The van der Waals surface area contributed by atoms with Gasteiger partial charge < -0.3 is 21.3 Å². The van der Waals surface area contributed by atoms with E-state index in [4.69, 9.17) is 0 Å². The first-order chi connectivity index (χ1) is 38.7. The van der Waals surface area contributed by atoms with Gasteiger partial charge in [0.25, 0.3) is 0 Å². The zero-order chi connectivity index (χ0) is 55.4. The molecule has 11 N–H and O–H groups in total. The SMILES string of the molecule is FC1CC2C3NC(NC4C5C(F)C(F)C(F)C(F)C5C(NC5NC(NC6NC(N3)C3C(Nc7ccccc7)C(Nc7ccccc7)C(Nc7ccccc7)C(Nc7ccccc7)C63)C3C(F)C(F)C(F)C(F)C53)N4F)C2C(F)C1F. The first-order valence-electron chi connectivity index (χ1n) is 27.7. The van der Waals surface area contributed by atoms with Crippen LogP contribution in [0.25, 0.3) is 0 Å². The van der Waals surface area contributed by atoms with Crippen LogP contribution in [0.1, 0.15) is 6.42 Å². The zero-order valence-corrected chi connectivity index (χ0v) is 42.6. The topological polar surface area (TPSA) is 136 Å². The molecule has 9 aliphatic rings. The number of hydrogen-bond acceptors (Lipinski definition) is 12. The standard InChI is InChI=1S/C56H64F12N12/c57-27-21-26-28(36(59)35(27)58)50-73-49(26)74-53-33-34(46(70-23-15-7-2-8-16-23)48(72-25-19-11-4-12-20-25)47(71-24-17-9-3-10-18-24)45(33)69-22-13-5-1-6-14-22)54(77-53)76-51-29-30(38(61)42(65)41(64)37(29)60)52(75-51)79-56-32-31(55(78-50)80(56)68)39(62)43(66)44(67)40(32)63/h1-20,26-56,69-79H,21H2. The van der Waals surface area contributed by atoms with E-state index in [-0.39, 0.29) is 5.12 Å². The Morgan fingerprint density at radius 2 is 0.588 bits per heavy atom. The third-order valence-electron chi connectivity index (χ3n) is 19.2. The average Bonchev–Trinajstić information content (AvgIpc) is 4.40. The third-order valence-corrected chi connectivity index (χ3v) is 19.2. The number of anilines is 4. The van der Waals surface area contributed by atoms with E-state index in [1.165, 1.54) is 0 Å². The monoisotopic (exact) mass is 1130 g/mol. The first-order valence-corrected chi connectivity index (χ1v) is 27.7. The van der Waals surface area contributed by atoms with Crippen molar-refractivity contribution in [3.63, 3.8) is 0 Å². The van der Waals surface area contributed by atoms with Crippen molar-refractivity contribution in [2.45, 2.75) is 148 Å². The lowest BCUT2D eigenvalue weighted by atomic mass is 9.66. The van der Waals surface area contributed by atoms with Gasteiger partial charge >= 0.3 is 0 Å². The van der Waals surface area contributed by atoms with Crippen molar-refractivity contribution in [3.8, 4) is 0 Å². The number of benzene rings is 4. The van der Waals surface area contributed by atoms with Gasteiger partial charge in [0, 0.05) is 64.2 Å². The fourth-order valence-electron chi connectivity index (χ4n) is 15.7. The van der Waals surface area contributed by atoms with Crippen LogP contribution in [0.2, 0.25) is 0 Å². The molecule has 0 aromatic heterocycles. The van der Waals surface area contributed by atoms with Gasteiger partial charge in [0.15, 0.2) is 30.9 Å². The second-order valence-corrected chi connectivity index (χ2v) is 23.3. The maximum Gasteiger partial charge on any atom is 0.165 e. The molecule has 0 spiro atoms. The first kappa shape index (κ1) is 54.2. The molecule has 0 amide bonds. The molecule has 5 aliphatic heterocycles. The highest BCUT2D eigenvalue weighted by Crippen LogP contribution is 2.53. The number of nitrogens with zero attached hydrogens (tertiary/aromatic N) is 1. The molecule has 0 radical (unpaired) electrons. The molecule has 5 saturated heterocycles. The molecular formula is C56H64F12N12. The van der Waals surface area contributed by atoms with Crippen LogP contribution in [0, 0.1) is 47.3 Å². The molecule has 13 rings (SSSR count). The minimum absolute atomic E-state index is 0.173. The molecule has 24 heteroatoms. The maximum absolute atomic E-state index is 17.5. The largest absolute Gasteiger partial charge is 0.380 e. The summed E-state index contributed by atoms with van der Waals surface area (Å²) in [6.07, 6.45) is -44.0. The Bertz CT molecular complexity index is 2730. The highest BCUT2D eigenvalue weighted by molar-refractivity contribution is 5.55. The summed E-state index contributed by atoms with van der Waals surface area (Å²) in [5.41, 5.74) is 2.82. The fourth-order valence-corrected chi connectivity index (χ4v) is 15.7. The van der Waals surface area contributed by atoms with E-state index in [1.807, 2.05) is 121 Å². The summed E-state index contributed by atoms with van der Waals surface area (Å²) in [6, 6.07) is 34.8. The lowest BCUT2D eigenvalue weighted by Gasteiger charge is -2.53. The van der Waals surface area contributed by atoms with Gasteiger partial charge in [-0.3, -0.25) is 37.2 Å². The number of rotatable bonds is 8. The predicted molar refractivity (Wildman–Crippen MR) is 277 cm³/mol. The van der Waals surface area contributed by atoms with E-state index in [1.54, 1.807) is 0 Å². The van der Waals surface area contributed by atoms with Crippen LogP contribution in [-0.4, -0.2) is 147 Å². The second kappa shape index (κ2) is 21.6. The summed E-state index contributed by atoms with van der Waals surface area (Å²) >= 11 is 0. The molecule has 31 atom stereocenters. The lowest BCUT2D eigenvalue weighted by Crippen LogP contribution is -2.71. The third kappa shape index (κ3) is 9.16. The number of nitrogens with one attached hydrogen (secondary N) is 11. The second-order valence-electron chi connectivity index (χ2n) is 23.3. The Balaban J connectivity index is 0.995. The minimum atomic E-state index is -3.12. The highest BCUT2D eigenvalue weighted by atomic mass is 19.2. The summed E-state index contributed by atoms with van der Waals surface area (Å²) < 4.78 is 196. The van der Waals surface area contributed by atoms with Gasteiger partial charge in [-0.2, -0.15) is 0 Å². The minimum Gasteiger partial charge on any atom is -0.380 e. The molecule has 80 heavy (non-hydrogen) atoms. The number of fused-ring (bicyclic) bond motifs is 20. The van der Waals surface area contributed by atoms with Gasteiger partial charge in [0.2, 0.25) is 0 Å². The molecule has 8 bridgehead atoms. The van der Waals surface area contributed by atoms with Crippen molar-refractivity contribution in [2.75, 3.05) is 21.3 Å². The van der Waals surface area contributed by atoms with Gasteiger partial charge in [0.1, 0.15) is 37.0 Å². The number of para-hydroxylation sites is 4. The molecule has 31 unspecified atom stereocenters. The van der Waals surface area contributed by atoms with Crippen LogP contribution in [0.15, 0.2) is 121 Å². The molecule has 4 aromatic carbocycles. The van der Waals surface area contributed by atoms with Crippen molar-refractivity contribution >= 4 is 22.7 Å². The van der Waals surface area contributed by atoms with Gasteiger partial charge in [-0.15, -0.1) is 9.60 Å². The van der Waals surface area contributed by atoms with Gasteiger partial charge in [-0.05, 0) is 60.9 Å². The quantitative estimate of drug-likeness (QED) is 0.0657. The average molecular weight is 1130 g/mol. The maximum atomic E-state index is 17.5. The van der Waals surface area contributed by atoms with Crippen molar-refractivity contribution in [3.05, 3.63) is 121 Å². The highest BCUT2D eigenvalue weighted by Gasteiger charge is 2.69. The van der Waals surface area contributed by atoms with Crippen molar-refractivity contribution in [1.29, 1.82) is 0 Å². The van der Waals surface area contributed by atoms with Crippen molar-refractivity contribution in [1.82, 2.24) is 42.3 Å². The van der Waals surface area contributed by atoms with Crippen LogP contribution in [-0.2, 0) is 0 Å². The van der Waals surface area contributed by atoms with Gasteiger partial charge in [-0.1, -0.05) is 72.8 Å². The lowest BCUT2D eigenvalue weighted by molar-refractivity contribution is -0.0973. The van der Waals surface area contributed by atoms with Crippen LogP contribution in [0.5, 0.6) is 0 Å². The number of halogens is 12. The fraction of sp³-hybridized carbons (Fsp3) is 0.571. The molecule has 4 aromatic rings. The molecule has 9 fully saturated rings. The Labute approximate surface area is 454 Å². The van der Waals surface area contributed by atoms with E-state index < -0.39 is 195 Å². The number of hydrogen-bond donors (Lipinski definition) is 11. The molecule has 4 saturated carbocycles. The normalized spacial score (nSPS) is 48.7. The molecule has 432 valence electrons. The Morgan fingerprint density at radius 1 is 0.300 bits per heavy atom. The van der Waals surface area contributed by atoms with Crippen LogP contribution < -0.4 is 58.5 Å². The molecule has 5 heterocycles. The summed E-state index contributed by atoms with van der Waals surface area (Å²) in [7, 11) is 0. The molecule has 12 nitrogen and oxygen atoms in total. The Hall–Kier alpha value is -5.08. The number of alkyl halides is 11. The van der Waals surface area contributed by atoms with Crippen molar-refractivity contribution in [2.24, 2.45) is 47.3 Å². The summed E-state index contributed by atoms with van der Waals surface area (Å²) in [4.78, 5) is 0.